The summed E-state index contributed by atoms with van der Waals surface area (Å²) < 4.78 is 42.1. The van der Waals surface area contributed by atoms with Gasteiger partial charge in [-0.25, -0.2) is 28.1 Å². The highest BCUT2D eigenvalue weighted by Crippen LogP contribution is 2.35. The number of aromatic nitrogens is 5. The fourth-order valence-corrected chi connectivity index (χ4v) is 4.07. The maximum Gasteiger partial charge on any atom is 0.271 e. The van der Waals surface area contributed by atoms with Crippen LogP contribution >= 0.6 is 11.6 Å². The maximum atomic E-state index is 13.6. The molecule has 35 heavy (non-hydrogen) atoms. The third-order valence-corrected chi connectivity index (χ3v) is 5.70. The van der Waals surface area contributed by atoms with Crippen LogP contribution in [-0.4, -0.2) is 42.6 Å². The average molecular weight is 500 g/mol. The topological polar surface area (TPSA) is 103 Å². The predicted octanol–water partition coefficient (Wildman–Crippen LogP) is 4.39. The summed E-state index contributed by atoms with van der Waals surface area (Å²) in [7, 11) is 0. The summed E-state index contributed by atoms with van der Waals surface area (Å²) in [6.45, 7) is 1.04. The molecule has 0 fully saturated rings. The molecule has 8 nitrogen and oxygen atoms in total. The van der Waals surface area contributed by atoms with Gasteiger partial charge in [-0.1, -0.05) is 11.6 Å². The van der Waals surface area contributed by atoms with Gasteiger partial charge in [0.05, 0.1) is 23.0 Å². The number of carbonyl (C=O) groups is 1. The van der Waals surface area contributed by atoms with Gasteiger partial charge in [-0.15, -0.1) is 0 Å². The van der Waals surface area contributed by atoms with E-state index < -0.39 is 24.7 Å². The van der Waals surface area contributed by atoms with Crippen LogP contribution in [0, 0.1) is 12.7 Å². The molecule has 0 bridgehead atoms. The quantitative estimate of drug-likeness (QED) is 0.373. The van der Waals surface area contributed by atoms with Crippen LogP contribution in [0.25, 0.3) is 33.8 Å². The zero-order chi connectivity index (χ0) is 24.9. The molecule has 0 radical (unpaired) electrons. The molecule has 0 saturated heterocycles. The van der Waals surface area contributed by atoms with E-state index in [0.717, 1.165) is 5.69 Å². The van der Waals surface area contributed by atoms with Crippen LogP contribution in [0.4, 0.5) is 19.0 Å². The number of fused-ring (bicyclic) bond motifs is 2. The number of nitrogens with one attached hydrogen (secondary N) is 1. The van der Waals surface area contributed by atoms with Crippen molar-refractivity contribution in [3.63, 3.8) is 0 Å². The average Bonchev–Trinajstić information content (AvgIpc) is 3.43. The largest absolute Gasteiger partial charge is 0.381 e. The first-order valence-corrected chi connectivity index (χ1v) is 10.7. The summed E-state index contributed by atoms with van der Waals surface area (Å²) >= 11 is 6.52. The van der Waals surface area contributed by atoms with E-state index in [-0.39, 0.29) is 17.2 Å². The van der Waals surface area contributed by atoms with Gasteiger partial charge in [0.25, 0.3) is 12.3 Å². The van der Waals surface area contributed by atoms with Crippen LogP contribution < -0.4 is 11.1 Å². The summed E-state index contributed by atoms with van der Waals surface area (Å²) in [4.78, 5) is 25.5. The highest BCUT2D eigenvalue weighted by Gasteiger charge is 2.22. The fourth-order valence-electron chi connectivity index (χ4n) is 3.82. The van der Waals surface area contributed by atoms with Crippen LogP contribution in [0.2, 0.25) is 5.02 Å². The van der Waals surface area contributed by atoms with Gasteiger partial charge in [0, 0.05) is 35.4 Å². The molecule has 0 saturated carbocycles. The zero-order valence-electron chi connectivity index (χ0n) is 18.1. The Kier molecular flexibility index (Phi) is 5.56. The van der Waals surface area contributed by atoms with E-state index in [9.17, 15) is 18.0 Å². The number of pyridine rings is 1. The van der Waals surface area contributed by atoms with E-state index in [2.05, 4.69) is 20.3 Å². The number of halogens is 4. The Bertz CT molecular complexity index is 1600. The number of hydrogen-bond donors (Lipinski definition) is 2. The lowest BCUT2D eigenvalue weighted by Crippen LogP contribution is -2.28. The molecule has 0 atom stereocenters. The number of nitrogen functional groups attached to an aromatic ring is 1. The lowest BCUT2D eigenvalue weighted by atomic mass is 10.0. The van der Waals surface area contributed by atoms with E-state index in [4.69, 9.17) is 17.3 Å². The highest BCUT2D eigenvalue weighted by atomic mass is 35.5. The van der Waals surface area contributed by atoms with Crippen LogP contribution in [0.1, 0.15) is 16.2 Å². The van der Waals surface area contributed by atoms with Gasteiger partial charge in [-0.05, 0) is 37.3 Å². The van der Waals surface area contributed by atoms with E-state index in [1.54, 1.807) is 39.4 Å². The van der Waals surface area contributed by atoms with Crippen molar-refractivity contribution in [3.8, 4) is 22.5 Å². The van der Waals surface area contributed by atoms with E-state index >= 15 is 0 Å². The first kappa shape index (κ1) is 22.7. The highest BCUT2D eigenvalue weighted by molar-refractivity contribution is 6.33. The minimum Gasteiger partial charge on any atom is -0.381 e. The number of anilines is 1. The van der Waals surface area contributed by atoms with E-state index in [1.807, 2.05) is 6.92 Å². The molecule has 0 aliphatic carbocycles. The number of rotatable bonds is 5. The number of nitrogens with zero attached hydrogens (tertiary/aromatic N) is 5. The number of nitrogens with two attached hydrogens (primary N) is 1. The van der Waals surface area contributed by atoms with Crippen LogP contribution in [0.3, 0.4) is 0 Å². The second-order valence-electron chi connectivity index (χ2n) is 7.79. The van der Waals surface area contributed by atoms with Gasteiger partial charge in [-0.2, -0.15) is 0 Å². The molecule has 1 aromatic carbocycles. The van der Waals surface area contributed by atoms with Crippen molar-refractivity contribution in [2.24, 2.45) is 0 Å². The molecular formula is C23H17ClF3N7O. The molecule has 0 aliphatic rings. The molecule has 1 amide bonds. The summed E-state index contributed by atoms with van der Waals surface area (Å²) in [5.74, 6) is -1.22. The number of amides is 1. The summed E-state index contributed by atoms with van der Waals surface area (Å²) in [5.41, 5.74) is 9.53. The molecule has 5 rings (SSSR count). The number of hydrogen-bond acceptors (Lipinski definition) is 5. The molecule has 178 valence electrons. The lowest BCUT2D eigenvalue weighted by Gasteiger charge is -2.14. The molecule has 3 N–H and O–H groups in total. The summed E-state index contributed by atoms with van der Waals surface area (Å²) in [6, 6.07) is 7.34. The van der Waals surface area contributed by atoms with Crippen molar-refractivity contribution < 1.29 is 18.0 Å². The minimum atomic E-state index is -2.71. The SMILES string of the molecule is Cc1cnc2c(Cl)cc(-c3c(-c4ccc(F)cc4)nc(N)c4nc(C(=O)NCC(F)F)cn34)cn12. The number of alkyl halides is 2. The van der Waals surface area contributed by atoms with Gasteiger partial charge in [0.15, 0.2) is 17.1 Å². The number of imidazole rings is 2. The predicted molar refractivity (Wildman–Crippen MR) is 125 cm³/mol. The van der Waals surface area contributed by atoms with E-state index in [1.165, 1.54) is 18.3 Å². The normalized spacial score (nSPS) is 11.6. The van der Waals surface area contributed by atoms with Gasteiger partial charge in [0.2, 0.25) is 0 Å². The van der Waals surface area contributed by atoms with Crippen LogP contribution in [-0.2, 0) is 0 Å². The van der Waals surface area contributed by atoms with Gasteiger partial charge in [0.1, 0.15) is 11.5 Å². The van der Waals surface area contributed by atoms with Crippen LogP contribution in [0.15, 0.2) is 48.9 Å². The standard InChI is InChI=1S/C23H17ClF3N7O/c1-11-7-29-21-15(24)6-13(9-33(11)21)19-18(12-2-4-14(25)5-3-12)32-20(28)22-31-16(10-34(19)22)23(35)30-8-17(26)27/h2-7,9-10,17H,8H2,1H3,(H2,28,32)(H,30,35). The van der Waals surface area contributed by atoms with Crippen molar-refractivity contribution in [1.82, 2.24) is 29.1 Å². The van der Waals surface area contributed by atoms with E-state index in [0.29, 0.717) is 33.2 Å². The number of aryl methyl sites for hydroxylation is 1. The summed E-state index contributed by atoms with van der Waals surface area (Å²) in [5, 5.41) is 2.49. The molecule has 5 aromatic rings. The fraction of sp³-hybridized carbons (Fsp3) is 0.130. The third kappa shape index (κ3) is 4.03. The maximum absolute atomic E-state index is 13.6. The molecule has 0 spiro atoms. The van der Waals surface area contributed by atoms with Gasteiger partial charge in [-0.3, -0.25) is 9.20 Å². The van der Waals surface area contributed by atoms with Crippen molar-refractivity contribution in [2.45, 2.75) is 13.3 Å². The third-order valence-electron chi connectivity index (χ3n) is 5.42. The Balaban J connectivity index is 1.80. The molecule has 0 aliphatic heterocycles. The second-order valence-corrected chi connectivity index (χ2v) is 8.20. The Morgan fingerprint density at radius 2 is 1.86 bits per heavy atom. The van der Waals surface area contributed by atoms with Crippen LogP contribution in [0.5, 0.6) is 0 Å². The molecule has 4 aromatic heterocycles. The molecular weight excluding hydrogens is 483 g/mol. The number of carbonyl (C=O) groups excluding carboxylic acids is 1. The minimum absolute atomic E-state index is 0.00743. The zero-order valence-corrected chi connectivity index (χ0v) is 18.9. The van der Waals surface area contributed by atoms with Crippen molar-refractivity contribution >= 4 is 34.6 Å². The first-order chi connectivity index (χ1) is 16.7. The Labute approximate surface area is 201 Å². The van der Waals surface area contributed by atoms with Gasteiger partial charge >= 0.3 is 0 Å². The first-order valence-electron chi connectivity index (χ1n) is 10.4. The smallest absolute Gasteiger partial charge is 0.271 e. The van der Waals surface area contributed by atoms with Crippen molar-refractivity contribution in [3.05, 3.63) is 71.2 Å². The molecule has 12 heteroatoms. The lowest BCUT2D eigenvalue weighted by molar-refractivity contribution is 0.0887. The molecule has 4 heterocycles. The second kappa shape index (κ2) is 8.58. The van der Waals surface area contributed by atoms with Crippen molar-refractivity contribution in [2.75, 3.05) is 12.3 Å². The number of benzene rings is 1. The molecule has 0 unspecified atom stereocenters. The Morgan fingerprint density at radius 1 is 1.11 bits per heavy atom. The van der Waals surface area contributed by atoms with Crippen molar-refractivity contribution in [1.29, 1.82) is 0 Å². The monoisotopic (exact) mass is 499 g/mol. The Hall–Kier alpha value is -4.12. The summed E-state index contributed by atoms with van der Waals surface area (Å²) in [6.07, 6.45) is 2.14. The van der Waals surface area contributed by atoms with Gasteiger partial charge < -0.3 is 15.5 Å². The Morgan fingerprint density at radius 3 is 2.57 bits per heavy atom.